The smallest absolute Gasteiger partial charge is 0.314 e. The number of amides is 2. The van der Waals surface area contributed by atoms with Crippen molar-refractivity contribution >= 4 is 6.03 Å². The quantitative estimate of drug-likeness (QED) is 0.858. The zero-order valence-electron chi connectivity index (χ0n) is 12.4. The molecular weight excluding hydrogens is 266 g/mol. The van der Waals surface area contributed by atoms with Crippen molar-refractivity contribution in [1.29, 1.82) is 0 Å². The van der Waals surface area contributed by atoms with Gasteiger partial charge < -0.3 is 15.1 Å². The summed E-state index contributed by atoms with van der Waals surface area (Å²) in [5, 5.41) is 5.61. The highest BCUT2D eigenvalue weighted by Gasteiger charge is 2.07. The van der Waals surface area contributed by atoms with Gasteiger partial charge in [0, 0.05) is 25.1 Å². The molecule has 0 unspecified atom stereocenters. The van der Waals surface area contributed by atoms with E-state index in [0.29, 0.717) is 31.3 Å². The van der Waals surface area contributed by atoms with E-state index < -0.39 is 0 Å². The number of hydrogen-bond donors (Lipinski definition) is 2. The molecule has 0 fully saturated rings. The highest BCUT2D eigenvalue weighted by molar-refractivity contribution is 5.73. The Balaban J connectivity index is 1.77. The normalized spacial score (nSPS) is 10.6. The number of hydrogen-bond acceptors (Lipinski definition) is 3. The average Bonchev–Trinajstić information content (AvgIpc) is 2.95. The van der Waals surface area contributed by atoms with Gasteiger partial charge in [-0.15, -0.1) is 0 Å². The molecule has 2 rings (SSSR count). The summed E-state index contributed by atoms with van der Waals surface area (Å²) in [5.41, 5.74) is 1.78. The van der Waals surface area contributed by atoms with Crippen molar-refractivity contribution in [3.05, 3.63) is 42.3 Å². The number of carbonyl (C=O) groups is 1. The highest BCUT2D eigenvalue weighted by Crippen LogP contribution is 2.17. The van der Waals surface area contributed by atoms with Crippen molar-refractivity contribution in [2.24, 2.45) is 5.92 Å². The number of nitrogens with zero attached hydrogens (tertiary/aromatic N) is 1. The molecule has 0 saturated heterocycles. The molecule has 0 aliphatic heterocycles. The van der Waals surface area contributed by atoms with E-state index in [-0.39, 0.29) is 6.03 Å². The lowest BCUT2D eigenvalue weighted by Crippen LogP contribution is -2.38. The Labute approximate surface area is 124 Å². The first kappa shape index (κ1) is 15.1. The summed E-state index contributed by atoms with van der Waals surface area (Å²) in [4.78, 5) is 15.9. The van der Waals surface area contributed by atoms with E-state index in [1.807, 2.05) is 30.3 Å². The maximum absolute atomic E-state index is 11.5. The van der Waals surface area contributed by atoms with Crippen LogP contribution < -0.4 is 10.6 Å². The van der Waals surface area contributed by atoms with Gasteiger partial charge in [-0.3, -0.25) is 0 Å². The molecule has 0 aliphatic rings. The number of benzene rings is 1. The maximum Gasteiger partial charge on any atom is 0.314 e. The third kappa shape index (κ3) is 4.95. The molecule has 0 atom stereocenters. The van der Waals surface area contributed by atoms with Gasteiger partial charge in [-0.05, 0) is 18.1 Å². The largest absolute Gasteiger partial charge is 0.444 e. The van der Waals surface area contributed by atoms with E-state index in [2.05, 4.69) is 29.5 Å². The number of carbonyl (C=O) groups excluding carboxylic acids is 1. The molecular formula is C16H21N3O2. The minimum Gasteiger partial charge on any atom is -0.444 e. The molecule has 0 saturated carbocycles. The minimum atomic E-state index is -0.143. The molecule has 1 heterocycles. The molecule has 0 aliphatic carbocycles. The molecule has 1 aromatic heterocycles. The van der Waals surface area contributed by atoms with Gasteiger partial charge in [0.2, 0.25) is 5.89 Å². The zero-order chi connectivity index (χ0) is 15.1. The van der Waals surface area contributed by atoms with Crippen molar-refractivity contribution < 1.29 is 9.21 Å². The van der Waals surface area contributed by atoms with Gasteiger partial charge in [0.15, 0.2) is 0 Å². The fourth-order valence-corrected chi connectivity index (χ4v) is 1.80. The molecule has 5 nitrogen and oxygen atoms in total. The number of aromatic nitrogens is 1. The molecule has 21 heavy (non-hydrogen) atoms. The Kier molecular flexibility index (Phi) is 5.37. The van der Waals surface area contributed by atoms with Crippen LogP contribution in [0.5, 0.6) is 0 Å². The molecule has 2 aromatic rings. The van der Waals surface area contributed by atoms with E-state index >= 15 is 0 Å². The van der Waals surface area contributed by atoms with Crippen molar-refractivity contribution in [1.82, 2.24) is 15.6 Å². The van der Waals surface area contributed by atoms with Gasteiger partial charge in [-0.2, -0.15) is 0 Å². The first-order valence-corrected chi connectivity index (χ1v) is 7.16. The average molecular weight is 287 g/mol. The van der Waals surface area contributed by atoms with Gasteiger partial charge >= 0.3 is 6.03 Å². The molecule has 112 valence electrons. The fourth-order valence-electron chi connectivity index (χ4n) is 1.80. The van der Waals surface area contributed by atoms with E-state index in [4.69, 9.17) is 4.42 Å². The van der Waals surface area contributed by atoms with Crippen molar-refractivity contribution in [2.45, 2.75) is 20.3 Å². The summed E-state index contributed by atoms with van der Waals surface area (Å²) < 4.78 is 5.45. The van der Waals surface area contributed by atoms with E-state index in [9.17, 15) is 4.79 Å². The van der Waals surface area contributed by atoms with E-state index in [1.54, 1.807) is 6.26 Å². The van der Waals surface area contributed by atoms with Crippen LogP contribution in [0.4, 0.5) is 4.79 Å². The van der Waals surface area contributed by atoms with Crippen LogP contribution >= 0.6 is 0 Å². The molecule has 2 amide bonds. The summed E-state index contributed by atoms with van der Waals surface area (Å²) in [7, 11) is 0. The number of urea groups is 1. The Bertz CT molecular complexity index is 564. The second-order valence-corrected chi connectivity index (χ2v) is 5.29. The van der Waals surface area contributed by atoms with Crippen molar-refractivity contribution in [3.63, 3.8) is 0 Å². The Hall–Kier alpha value is -2.30. The van der Waals surface area contributed by atoms with Crippen LogP contribution in [0.3, 0.4) is 0 Å². The minimum absolute atomic E-state index is 0.143. The lowest BCUT2D eigenvalue weighted by atomic mass is 10.2. The monoisotopic (exact) mass is 287 g/mol. The fraction of sp³-hybridized carbons (Fsp3) is 0.375. The van der Waals surface area contributed by atoms with E-state index in [0.717, 1.165) is 11.3 Å². The SMILES string of the molecule is CC(C)CNC(=O)NCCc1coc(-c2ccccc2)n1. The van der Waals surface area contributed by atoms with Crippen molar-refractivity contribution in [2.75, 3.05) is 13.1 Å². The number of oxazole rings is 1. The molecule has 0 radical (unpaired) electrons. The van der Waals surface area contributed by atoms with Gasteiger partial charge in [-0.25, -0.2) is 9.78 Å². The van der Waals surface area contributed by atoms with Crippen LogP contribution in [0, 0.1) is 5.92 Å². The predicted molar refractivity (Wildman–Crippen MR) is 81.9 cm³/mol. The summed E-state index contributed by atoms with van der Waals surface area (Å²) in [6.45, 7) is 5.32. The molecule has 5 heteroatoms. The van der Waals surface area contributed by atoms with Gasteiger partial charge in [0.1, 0.15) is 6.26 Å². The van der Waals surface area contributed by atoms with Crippen LogP contribution in [-0.2, 0) is 6.42 Å². The molecule has 1 aromatic carbocycles. The van der Waals surface area contributed by atoms with Gasteiger partial charge in [0.05, 0.1) is 5.69 Å². The second-order valence-electron chi connectivity index (χ2n) is 5.29. The molecule has 0 spiro atoms. The Morgan fingerprint density at radius 1 is 1.24 bits per heavy atom. The van der Waals surface area contributed by atoms with Crippen LogP contribution in [0.25, 0.3) is 11.5 Å². The Morgan fingerprint density at radius 2 is 2.00 bits per heavy atom. The van der Waals surface area contributed by atoms with Crippen LogP contribution in [-0.4, -0.2) is 24.1 Å². The summed E-state index contributed by atoms with van der Waals surface area (Å²) in [6.07, 6.45) is 2.28. The summed E-state index contributed by atoms with van der Waals surface area (Å²) >= 11 is 0. The topological polar surface area (TPSA) is 67.2 Å². The summed E-state index contributed by atoms with van der Waals surface area (Å²) in [6, 6.07) is 9.60. The van der Waals surface area contributed by atoms with Crippen LogP contribution in [0.1, 0.15) is 19.5 Å². The lowest BCUT2D eigenvalue weighted by Gasteiger charge is -2.08. The maximum atomic E-state index is 11.5. The highest BCUT2D eigenvalue weighted by atomic mass is 16.3. The lowest BCUT2D eigenvalue weighted by molar-refractivity contribution is 0.239. The van der Waals surface area contributed by atoms with Crippen LogP contribution in [0.15, 0.2) is 41.0 Å². The summed E-state index contributed by atoms with van der Waals surface area (Å²) in [5.74, 6) is 1.05. The van der Waals surface area contributed by atoms with Crippen molar-refractivity contribution in [3.8, 4) is 11.5 Å². The number of nitrogens with one attached hydrogen (secondary N) is 2. The third-order valence-electron chi connectivity index (χ3n) is 2.91. The van der Waals surface area contributed by atoms with Gasteiger partial charge in [0.25, 0.3) is 0 Å². The third-order valence-corrected chi connectivity index (χ3v) is 2.91. The van der Waals surface area contributed by atoms with Gasteiger partial charge in [-0.1, -0.05) is 32.0 Å². The number of rotatable bonds is 6. The Morgan fingerprint density at radius 3 is 2.71 bits per heavy atom. The predicted octanol–water partition coefficient (Wildman–Crippen LogP) is 2.84. The zero-order valence-corrected chi connectivity index (χ0v) is 12.4. The first-order chi connectivity index (χ1) is 10.1. The van der Waals surface area contributed by atoms with Crippen LogP contribution in [0.2, 0.25) is 0 Å². The molecule has 0 bridgehead atoms. The standard InChI is InChI=1S/C16H21N3O2/c1-12(2)10-18-16(20)17-9-8-14-11-21-15(19-14)13-6-4-3-5-7-13/h3-7,11-12H,8-10H2,1-2H3,(H2,17,18,20). The molecule has 2 N–H and O–H groups in total. The first-order valence-electron chi connectivity index (χ1n) is 7.16. The second kappa shape index (κ2) is 7.47. The van der Waals surface area contributed by atoms with E-state index in [1.165, 1.54) is 0 Å².